The molecule has 62 heavy (non-hydrogen) atoms. The number of nitrogens with zero attached hydrogens (tertiary/aromatic N) is 2. The molecule has 302 valence electrons. The third-order valence-corrected chi connectivity index (χ3v) is 11.6. The zero-order chi connectivity index (χ0) is 42.4. The number of para-hydroxylation sites is 4. The fraction of sp³-hybridized carbons (Fsp3) is 0.0690. The minimum Gasteiger partial charge on any atom is -0.354 e. The first-order valence-corrected chi connectivity index (χ1v) is 21.3. The molecular formula is C58H50N4. The van der Waals surface area contributed by atoms with E-state index in [2.05, 4.69) is 267 Å². The molecule has 0 aromatic heterocycles. The molecule has 0 amide bonds. The highest BCUT2D eigenvalue weighted by Crippen LogP contribution is 2.47. The monoisotopic (exact) mass is 802 g/mol. The molecule has 9 aromatic rings. The van der Waals surface area contributed by atoms with Crippen LogP contribution in [0.25, 0.3) is 22.3 Å². The van der Waals surface area contributed by atoms with E-state index in [4.69, 9.17) is 0 Å². The summed E-state index contributed by atoms with van der Waals surface area (Å²) in [5.41, 5.74) is 19.9. The summed E-state index contributed by atoms with van der Waals surface area (Å²) in [4.78, 5) is 4.76. The highest BCUT2D eigenvalue weighted by Gasteiger charge is 2.23. The van der Waals surface area contributed by atoms with Gasteiger partial charge in [-0.3, -0.25) is 0 Å². The van der Waals surface area contributed by atoms with Crippen LogP contribution in [0.15, 0.2) is 218 Å². The third kappa shape index (κ3) is 8.32. The summed E-state index contributed by atoms with van der Waals surface area (Å²) >= 11 is 0. The summed E-state index contributed by atoms with van der Waals surface area (Å²) in [7, 11) is 0. The van der Waals surface area contributed by atoms with Crippen molar-refractivity contribution in [2.45, 2.75) is 27.7 Å². The smallest absolute Gasteiger partial charge is 0.0697 e. The van der Waals surface area contributed by atoms with Gasteiger partial charge in [0.05, 0.1) is 22.7 Å². The number of hydrogen-bond acceptors (Lipinski definition) is 4. The van der Waals surface area contributed by atoms with Gasteiger partial charge in [-0.1, -0.05) is 146 Å². The second kappa shape index (κ2) is 17.8. The first-order valence-electron chi connectivity index (χ1n) is 21.3. The van der Waals surface area contributed by atoms with Crippen LogP contribution < -0.4 is 20.4 Å². The Morgan fingerprint density at radius 3 is 0.968 bits per heavy atom. The van der Waals surface area contributed by atoms with E-state index in [-0.39, 0.29) is 0 Å². The van der Waals surface area contributed by atoms with Gasteiger partial charge in [0.15, 0.2) is 0 Å². The molecule has 0 spiro atoms. The van der Waals surface area contributed by atoms with Crippen LogP contribution in [0, 0.1) is 27.7 Å². The highest BCUT2D eigenvalue weighted by molar-refractivity contribution is 5.93. The van der Waals surface area contributed by atoms with Crippen LogP contribution in [0.1, 0.15) is 22.3 Å². The Bertz CT molecular complexity index is 2750. The van der Waals surface area contributed by atoms with Gasteiger partial charge in [-0.15, -0.1) is 0 Å². The fourth-order valence-electron chi connectivity index (χ4n) is 8.19. The molecule has 0 aliphatic rings. The van der Waals surface area contributed by atoms with Crippen LogP contribution in [0.2, 0.25) is 0 Å². The topological polar surface area (TPSA) is 30.5 Å². The van der Waals surface area contributed by atoms with Gasteiger partial charge >= 0.3 is 0 Å². The summed E-state index contributed by atoms with van der Waals surface area (Å²) in [6.07, 6.45) is 0. The molecule has 4 nitrogen and oxygen atoms in total. The van der Waals surface area contributed by atoms with Crippen LogP contribution in [-0.2, 0) is 0 Å². The van der Waals surface area contributed by atoms with Crippen LogP contribution in [-0.4, -0.2) is 0 Å². The molecule has 0 saturated carbocycles. The van der Waals surface area contributed by atoms with Crippen LogP contribution >= 0.6 is 0 Å². The van der Waals surface area contributed by atoms with E-state index in [0.29, 0.717) is 0 Å². The van der Waals surface area contributed by atoms with Crippen molar-refractivity contribution in [3.8, 4) is 22.3 Å². The van der Waals surface area contributed by atoms with E-state index in [1.54, 1.807) is 0 Å². The lowest BCUT2D eigenvalue weighted by Gasteiger charge is -2.32. The van der Waals surface area contributed by atoms with E-state index in [1.807, 2.05) is 0 Å². The molecule has 2 N–H and O–H groups in total. The van der Waals surface area contributed by atoms with Crippen molar-refractivity contribution in [1.29, 1.82) is 0 Å². The van der Waals surface area contributed by atoms with Gasteiger partial charge in [-0.05, 0) is 145 Å². The Kier molecular flexibility index (Phi) is 11.4. The number of nitrogens with one attached hydrogen (secondary N) is 2. The molecule has 0 atom stereocenters. The molecule has 0 aliphatic carbocycles. The Labute approximate surface area is 366 Å². The average molecular weight is 803 g/mol. The summed E-state index contributed by atoms with van der Waals surface area (Å²) in [5.74, 6) is 0. The summed E-state index contributed by atoms with van der Waals surface area (Å²) in [6.45, 7) is 8.67. The van der Waals surface area contributed by atoms with Gasteiger partial charge in [0.1, 0.15) is 0 Å². The second-order valence-electron chi connectivity index (χ2n) is 15.8. The Morgan fingerprint density at radius 1 is 0.258 bits per heavy atom. The first-order chi connectivity index (χ1) is 30.4. The normalized spacial score (nSPS) is 10.9. The number of rotatable bonds is 12. The summed E-state index contributed by atoms with van der Waals surface area (Å²) in [6, 6.07) is 77.9. The maximum absolute atomic E-state index is 3.86. The number of aryl methyl sites for hydroxylation is 4. The zero-order valence-electron chi connectivity index (χ0n) is 35.7. The minimum atomic E-state index is 1.01. The van der Waals surface area contributed by atoms with E-state index >= 15 is 0 Å². The lowest BCUT2D eigenvalue weighted by atomic mass is 10.0. The first kappa shape index (κ1) is 39.6. The number of benzene rings is 9. The highest BCUT2D eigenvalue weighted by atomic mass is 15.2. The molecule has 0 heterocycles. The third-order valence-electron chi connectivity index (χ3n) is 11.6. The zero-order valence-corrected chi connectivity index (χ0v) is 35.7. The van der Waals surface area contributed by atoms with Gasteiger partial charge < -0.3 is 20.4 Å². The van der Waals surface area contributed by atoms with Gasteiger partial charge in [0, 0.05) is 34.1 Å². The lowest BCUT2D eigenvalue weighted by molar-refractivity contribution is 1.23. The van der Waals surface area contributed by atoms with Gasteiger partial charge in [0.2, 0.25) is 0 Å². The quantitative estimate of drug-likeness (QED) is 0.129. The van der Waals surface area contributed by atoms with E-state index < -0.39 is 0 Å². The van der Waals surface area contributed by atoms with Gasteiger partial charge in [-0.25, -0.2) is 0 Å². The van der Waals surface area contributed by atoms with Crippen molar-refractivity contribution in [3.05, 3.63) is 241 Å². The van der Waals surface area contributed by atoms with Crippen molar-refractivity contribution < 1.29 is 0 Å². The van der Waals surface area contributed by atoms with Crippen molar-refractivity contribution in [2.24, 2.45) is 0 Å². The molecule has 0 radical (unpaired) electrons. The standard InChI is InChI=1S/C58H50N4/c1-41-19-11-15-27-51(41)59-53-39-47(45-23-7-5-8-24-45)31-37-57(53)61(55-29-17-13-21-43(55)3)49-33-35-50(36-34-49)62(56-30-18-14-22-44(56)4)58-38-32-48(46-25-9-6-10-26-46)40-54(58)60-52-28-16-12-20-42(52)2/h5-40,59-60H,1-4H3. The number of hydrogen-bond donors (Lipinski definition) is 2. The second-order valence-corrected chi connectivity index (χ2v) is 15.8. The van der Waals surface area contributed by atoms with Gasteiger partial charge in [-0.2, -0.15) is 0 Å². The molecule has 0 aliphatic heterocycles. The van der Waals surface area contributed by atoms with Gasteiger partial charge in [0.25, 0.3) is 0 Å². The van der Waals surface area contributed by atoms with E-state index in [0.717, 1.165) is 68.0 Å². The predicted octanol–water partition coefficient (Wildman–Crippen LogP) is 16.7. The van der Waals surface area contributed by atoms with Crippen molar-refractivity contribution in [3.63, 3.8) is 0 Å². The molecule has 0 saturated heterocycles. The van der Waals surface area contributed by atoms with Crippen LogP contribution in [0.3, 0.4) is 0 Å². The van der Waals surface area contributed by atoms with E-state index in [9.17, 15) is 0 Å². The van der Waals surface area contributed by atoms with E-state index in [1.165, 1.54) is 33.4 Å². The average Bonchev–Trinajstić information content (AvgIpc) is 3.31. The van der Waals surface area contributed by atoms with Crippen LogP contribution in [0.4, 0.5) is 56.9 Å². The summed E-state index contributed by atoms with van der Waals surface area (Å²) < 4.78 is 0. The number of anilines is 10. The van der Waals surface area contributed by atoms with Crippen molar-refractivity contribution in [2.75, 3.05) is 20.4 Å². The largest absolute Gasteiger partial charge is 0.354 e. The molecule has 0 unspecified atom stereocenters. The molecule has 0 fully saturated rings. The SMILES string of the molecule is Cc1ccccc1Nc1cc(-c2ccccc2)ccc1N(c1ccc(N(c2ccccc2C)c2ccc(-c3ccccc3)cc2Nc2ccccc2C)cc1)c1ccccc1C. The Morgan fingerprint density at radius 2 is 0.597 bits per heavy atom. The maximum atomic E-state index is 3.86. The minimum absolute atomic E-state index is 1.01. The molecular weight excluding hydrogens is 753 g/mol. The predicted molar refractivity (Wildman–Crippen MR) is 265 cm³/mol. The van der Waals surface area contributed by atoms with Crippen LogP contribution in [0.5, 0.6) is 0 Å². The maximum Gasteiger partial charge on any atom is 0.0697 e. The molecule has 9 rings (SSSR count). The Hall–Kier alpha value is -7.82. The summed E-state index contributed by atoms with van der Waals surface area (Å²) in [5, 5.41) is 7.72. The molecule has 0 bridgehead atoms. The van der Waals surface area contributed by atoms with Crippen molar-refractivity contribution in [1.82, 2.24) is 0 Å². The lowest BCUT2D eigenvalue weighted by Crippen LogP contribution is -2.15. The molecule has 9 aromatic carbocycles. The van der Waals surface area contributed by atoms with Crippen molar-refractivity contribution >= 4 is 56.9 Å². The Balaban J connectivity index is 1.20. The molecule has 4 heteroatoms. The fourth-order valence-corrected chi connectivity index (χ4v) is 8.19.